The minimum atomic E-state index is 0.506. The van der Waals surface area contributed by atoms with Crippen molar-refractivity contribution in [2.45, 2.75) is 0 Å². The van der Waals surface area contributed by atoms with Gasteiger partial charge in [-0.2, -0.15) is 0 Å². The molecular weight excluding hydrogens is 166 g/mol. The average Bonchev–Trinajstić information content (AvgIpc) is 2.49. The summed E-state index contributed by atoms with van der Waals surface area (Å²) in [7, 11) is 1.75. The van der Waals surface area contributed by atoms with Crippen molar-refractivity contribution in [3.05, 3.63) is 30.3 Å². The van der Waals surface area contributed by atoms with Gasteiger partial charge in [-0.05, 0) is 12.1 Å². The van der Waals surface area contributed by atoms with Crippen molar-refractivity contribution >= 4 is 5.95 Å². The van der Waals surface area contributed by atoms with E-state index in [-0.39, 0.29) is 0 Å². The van der Waals surface area contributed by atoms with Gasteiger partial charge >= 0.3 is 5.95 Å². The van der Waals surface area contributed by atoms with Crippen molar-refractivity contribution in [1.82, 2.24) is 15.1 Å². The van der Waals surface area contributed by atoms with Crippen molar-refractivity contribution in [2.24, 2.45) is 7.05 Å². The molecule has 0 aliphatic heterocycles. The van der Waals surface area contributed by atoms with E-state index < -0.39 is 0 Å². The highest BCUT2D eigenvalue weighted by molar-refractivity contribution is 5.33. The van der Waals surface area contributed by atoms with Gasteiger partial charge in [0.1, 0.15) is 10.9 Å². The number of aryl methyl sites for hydroxylation is 1. The number of nitrogens with two attached hydrogens (primary N) is 1. The molecule has 0 saturated carbocycles. The van der Waals surface area contributed by atoms with E-state index in [1.54, 1.807) is 11.7 Å². The highest BCUT2D eigenvalue weighted by atomic mass is 15.6. The van der Waals surface area contributed by atoms with Crippen molar-refractivity contribution in [1.29, 1.82) is 0 Å². The van der Waals surface area contributed by atoms with Crippen LogP contribution in [0.25, 0.3) is 5.69 Å². The largest absolute Gasteiger partial charge is 0.367 e. The molecule has 1 aromatic carbocycles. The topological polar surface area (TPSA) is 60.6 Å². The Bertz CT molecular complexity index is 406. The second-order valence-corrected chi connectivity index (χ2v) is 2.71. The summed E-state index contributed by atoms with van der Waals surface area (Å²) in [5.41, 5.74) is 6.65. The third kappa shape index (κ3) is 1.24. The molecule has 1 heterocycles. The molecule has 0 unspecified atom stereocenters. The molecule has 0 aliphatic carbocycles. The second kappa shape index (κ2) is 2.85. The van der Waals surface area contributed by atoms with E-state index in [1.165, 1.54) is 4.68 Å². The fourth-order valence-corrected chi connectivity index (χ4v) is 1.08. The first-order chi connectivity index (χ1) is 6.29. The summed E-state index contributed by atoms with van der Waals surface area (Å²) in [6.07, 6.45) is 0. The molecule has 66 valence electrons. The van der Waals surface area contributed by atoms with Gasteiger partial charge in [-0.3, -0.25) is 0 Å². The summed E-state index contributed by atoms with van der Waals surface area (Å²) < 4.78 is 3.10. The van der Waals surface area contributed by atoms with Crippen LogP contribution in [0.2, 0.25) is 0 Å². The third-order valence-corrected chi connectivity index (χ3v) is 1.81. The molecule has 0 saturated heterocycles. The first-order valence-electron chi connectivity index (χ1n) is 3.92. The van der Waals surface area contributed by atoms with Gasteiger partial charge in [0.05, 0.1) is 12.3 Å². The Kier molecular flexibility index (Phi) is 1.70. The SMILES string of the molecule is C[n+]1nnn(-c2ccccc2)c1N. The molecule has 0 amide bonds. The van der Waals surface area contributed by atoms with Crippen LogP contribution in [0.15, 0.2) is 30.3 Å². The van der Waals surface area contributed by atoms with Gasteiger partial charge in [0, 0.05) is 0 Å². The van der Waals surface area contributed by atoms with E-state index >= 15 is 0 Å². The summed E-state index contributed by atoms with van der Waals surface area (Å²) in [5, 5.41) is 7.69. The fourth-order valence-electron chi connectivity index (χ4n) is 1.08. The average molecular weight is 176 g/mol. The summed E-state index contributed by atoms with van der Waals surface area (Å²) in [5.74, 6) is 0.506. The molecule has 5 nitrogen and oxygen atoms in total. The van der Waals surface area contributed by atoms with E-state index in [1.807, 2.05) is 30.3 Å². The van der Waals surface area contributed by atoms with Gasteiger partial charge in [0.25, 0.3) is 0 Å². The maximum absolute atomic E-state index is 5.74. The number of tetrazole rings is 1. The maximum Gasteiger partial charge on any atom is 0.367 e. The smallest absolute Gasteiger partial charge is 0.306 e. The summed E-state index contributed by atoms with van der Waals surface area (Å²) in [4.78, 5) is 0. The van der Waals surface area contributed by atoms with Crippen molar-refractivity contribution in [3.8, 4) is 5.69 Å². The molecule has 2 N–H and O–H groups in total. The van der Waals surface area contributed by atoms with Crippen LogP contribution in [0.1, 0.15) is 0 Å². The number of rotatable bonds is 1. The van der Waals surface area contributed by atoms with E-state index in [0.717, 1.165) is 5.69 Å². The number of nitrogen functional groups attached to an aromatic ring is 1. The summed E-state index contributed by atoms with van der Waals surface area (Å²) in [6, 6.07) is 9.64. The van der Waals surface area contributed by atoms with Crippen LogP contribution >= 0.6 is 0 Å². The van der Waals surface area contributed by atoms with Crippen LogP contribution in [-0.4, -0.2) is 15.1 Å². The number of hydrogen-bond acceptors (Lipinski definition) is 3. The molecular formula is C8H10N5+. The number of nitrogens with zero attached hydrogens (tertiary/aromatic N) is 4. The van der Waals surface area contributed by atoms with E-state index in [0.29, 0.717) is 5.95 Å². The van der Waals surface area contributed by atoms with Gasteiger partial charge < -0.3 is 5.73 Å². The molecule has 0 fully saturated rings. The predicted molar refractivity (Wildman–Crippen MR) is 46.9 cm³/mol. The molecule has 0 radical (unpaired) electrons. The van der Waals surface area contributed by atoms with Gasteiger partial charge in [-0.1, -0.05) is 22.9 Å². The van der Waals surface area contributed by atoms with E-state index in [9.17, 15) is 0 Å². The molecule has 5 heteroatoms. The summed E-state index contributed by atoms with van der Waals surface area (Å²) in [6.45, 7) is 0. The Hall–Kier alpha value is -1.91. The van der Waals surface area contributed by atoms with E-state index in [2.05, 4.69) is 10.4 Å². The van der Waals surface area contributed by atoms with Crippen LogP contribution in [0.4, 0.5) is 5.95 Å². The zero-order chi connectivity index (χ0) is 9.26. The normalized spacial score (nSPS) is 10.2. The van der Waals surface area contributed by atoms with E-state index in [4.69, 9.17) is 5.73 Å². The second-order valence-electron chi connectivity index (χ2n) is 2.71. The number of para-hydroxylation sites is 1. The lowest BCUT2D eigenvalue weighted by molar-refractivity contribution is -0.717. The Morgan fingerprint density at radius 2 is 2.00 bits per heavy atom. The van der Waals surface area contributed by atoms with Crippen LogP contribution in [0.3, 0.4) is 0 Å². The van der Waals surface area contributed by atoms with Crippen LogP contribution < -0.4 is 10.4 Å². The number of anilines is 1. The molecule has 0 aliphatic rings. The number of hydrogen-bond donors (Lipinski definition) is 1. The minimum Gasteiger partial charge on any atom is -0.306 e. The maximum atomic E-state index is 5.74. The quantitative estimate of drug-likeness (QED) is 0.605. The molecule has 0 bridgehead atoms. The molecule has 2 aromatic rings. The van der Waals surface area contributed by atoms with Crippen LogP contribution in [-0.2, 0) is 7.05 Å². The molecule has 1 aromatic heterocycles. The molecule has 2 rings (SSSR count). The zero-order valence-corrected chi connectivity index (χ0v) is 7.25. The predicted octanol–water partition coefficient (Wildman–Crippen LogP) is -0.326. The van der Waals surface area contributed by atoms with Gasteiger partial charge in [0.2, 0.25) is 0 Å². The van der Waals surface area contributed by atoms with Gasteiger partial charge in [-0.15, -0.1) is 4.68 Å². The molecule has 0 atom stereocenters. The van der Waals surface area contributed by atoms with Gasteiger partial charge in [0.15, 0.2) is 0 Å². The first-order valence-corrected chi connectivity index (χ1v) is 3.92. The number of benzene rings is 1. The highest BCUT2D eigenvalue weighted by Gasteiger charge is 2.13. The third-order valence-electron chi connectivity index (χ3n) is 1.81. The van der Waals surface area contributed by atoms with Crippen molar-refractivity contribution in [2.75, 3.05) is 5.73 Å². The Balaban J connectivity index is 2.53. The van der Waals surface area contributed by atoms with Crippen molar-refractivity contribution < 1.29 is 4.68 Å². The van der Waals surface area contributed by atoms with Crippen molar-refractivity contribution in [3.63, 3.8) is 0 Å². The monoisotopic (exact) mass is 176 g/mol. The lowest BCUT2D eigenvalue weighted by atomic mass is 10.3. The lowest BCUT2D eigenvalue weighted by Crippen LogP contribution is -2.33. The Morgan fingerprint density at radius 3 is 2.54 bits per heavy atom. The zero-order valence-electron chi connectivity index (χ0n) is 7.25. The molecule has 0 spiro atoms. The molecule has 13 heavy (non-hydrogen) atoms. The first kappa shape index (κ1) is 7.72. The van der Waals surface area contributed by atoms with Crippen LogP contribution in [0, 0.1) is 0 Å². The number of aromatic nitrogens is 4. The highest BCUT2D eigenvalue weighted by Crippen LogP contribution is 2.05. The van der Waals surface area contributed by atoms with Gasteiger partial charge in [-0.25, -0.2) is 0 Å². The fraction of sp³-hybridized carbons (Fsp3) is 0.125. The lowest BCUT2D eigenvalue weighted by Gasteiger charge is -1.92. The standard InChI is InChI=1S/C8H9N5/c1-12-8(9)13(11-10-12)7-5-3-2-4-6-7/h2-6,9H,1H3/p+1. The summed E-state index contributed by atoms with van der Waals surface area (Å²) >= 11 is 0. The minimum absolute atomic E-state index is 0.506. The Morgan fingerprint density at radius 1 is 1.31 bits per heavy atom. The Labute approximate surface area is 75.4 Å². The van der Waals surface area contributed by atoms with Crippen LogP contribution in [0.5, 0.6) is 0 Å².